The van der Waals surface area contributed by atoms with Crippen molar-refractivity contribution in [1.82, 2.24) is 10.6 Å². The highest BCUT2D eigenvalue weighted by Crippen LogP contribution is 2.07. The Labute approximate surface area is 128 Å². The molecule has 0 rings (SSSR count). The number of carbonyl (C=O) groups is 2. The van der Waals surface area contributed by atoms with Gasteiger partial charge >= 0.3 is 12.0 Å². The molecule has 0 aliphatic heterocycles. The van der Waals surface area contributed by atoms with Gasteiger partial charge in [0.15, 0.2) is 0 Å². The summed E-state index contributed by atoms with van der Waals surface area (Å²) < 4.78 is 0. The lowest BCUT2D eigenvalue weighted by atomic mass is 10.1. The zero-order valence-corrected chi connectivity index (χ0v) is 13.6. The molecule has 0 spiro atoms. The molecule has 0 fully saturated rings. The smallest absolute Gasteiger partial charge is 0.314 e. The number of carboxylic acids is 1. The summed E-state index contributed by atoms with van der Waals surface area (Å²) in [7, 11) is 0. The van der Waals surface area contributed by atoms with Gasteiger partial charge in [0.05, 0.1) is 0 Å². The largest absolute Gasteiger partial charge is 0.481 e. The topological polar surface area (TPSA) is 78.4 Å². The van der Waals surface area contributed by atoms with Gasteiger partial charge in [-0.15, -0.1) is 0 Å². The van der Waals surface area contributed by atoms with Gasteiger partial charge in [-0.05, 0) is 19.8 Å². The second-order valence-corrected chi connectivity index (χ2v) is 5.71. The molecule has 0 heterocycles. The second-order valence-electron chi connectivity index (χ2n) is 5.71. The molecule has 0 saturated heterocycles. The van der Waals surface area contributed by atoms with Crippen LogP contribution in [0.1, 0.15) is 78.1 Å². The van der Waals surface area contributed by atoms with Crippen LogP contribution >= 0.6 is 0 Å². The van der Waals surface area contributed by atoms with E-state index in [0.717, 1.165) is 12.8 Å². The summed E-state index contributed by atoms with van der Waals surface area (Å²) in [4.78, 5) is 22.0. The molecule has 0 radical (unpaired) electrons. The van der Waals surface area contributed by atoms with Crippen LogP contribution in [0.5, 0.6) is 0 Å². The van der Waals surface area contributed by atoms with Gasteiger partial charge in [0.25, 0.3) is 0 Å². The standard InChI is InChI=1S/C16H32N2O3/c1-3-4-5-6-7-8-9-10-13-17-16(21)18-14(2)11-12-15(19)20/h14H,3-13H2,1-2H3,(H,19,20)(H2,17,18,21). The van der Waals surface area contributed by atoms with Gasteiger partial charge in [0.2, 0.25) is 0 Å². The van der Waals surface area contributed by atoms with E-state index in [1.807, 2.05) is 6.92 Å². The maximum atomic E-state index is 11.5. The Kier molecular flexibility index (Phi) is 12.9. The lowest BCUT2D eigenvalue weighted by Gasteiger charge is -2.13. The Morgan fingerprint density at radius 2 is 1.57 bits per heavy atom. The summed E-state index contributed by atoms with van der Waals surface area (Å²) >= 11 is 0. The van der Waals surface area contributed by atoms with Gasteiger partial charge in [0, 0.05) is 19.0 Å². The van der Waals surface area contributed by atoms with Crippen LogP contribution in [0.4, 0.5) is 4.79 Å². The molecule has 0 aliphatic rings. The molecule has 3 N–H and O–H groups in total. The van der Waals surface area contributed by atoms with Crippen molar-refractivity contribution in [2.75, 3.05) is 6.54 Å². The number of hydrogen-bond acceptors (Lipinski definition) is 2. The van der Waals surface area contributed by atoms with Gasteiger partial charge in [-0.3, -0.25) is 4.79 Å². The Morgan fingerprint density at radius 1 is 1.00 bits per heavy atom. The van der Waals surface area contributed by atoms with E-state index >= 15 is 0 Å². The first-order chi connectivity index (χ1) is 10.1. The molecule has 0 aliphatic carbocycles. The van der Waals surface area contributed by atoms with Gasteiger partial charge in [0.1, 0.15) is 0 Å². The summed E-state index contributed by atoms with van der Waals surface area (Å²) in [5.41, 5.74) is 0. The number of urea groups is 1. The molecule has 1 unspecified atom stereocenters. The number of amides is 2. The molecule has 5 heteroatoms. The van der Waals surface area contributed by atoms with Crippen molar-refractivity contribution in [3.05, 3.63) is 0 Å². The van der Waals surface area contributed by atoms with Gasteiger partial charge in [-0.2, -0.15) is 0 Å². The number of carboxylic acid groups (broad SMARTS) is 1. The molecular formula is C16H32N2O3. The van der Waals surface area contributed by atoms with Crippen molar-refractivity contribution in [1.29, 1.82) is 0 Å². The van der Waals surface area contributed by atoms with Crippen LogP contribution < -0.4 is 10.6 Å². The van der Waals surface area contributed by atoms with Crippen molar-refractivity contribution in [3.8, 4) is 0 Å². The number of nitrogens with one attached hydrogen (secondary N) is 2. The van der Waals surface area contributed by atoms with Crippen LogP contribution in [-0.4, -0.2) is 29.7 Å². The Hall–Kier alpha value is -1.26. The highest BCUT2D eigenvalue weighted by atomic mass is 16.4. The van der Waals surface area contributed by atoms with E-state index in [0.29, 0.717) is 13.0 Å². The first-order valence-electron chi connectivity index (χ1n) is 8.32. The summed E-state index contributed by atoms with van der Waals surface area (Å²) in [5, 5.41) is 14.1. The predicted octanol–water partition coefficient (Wildman–Crippen LogP) is 3.68. The quantitative estimate of drug-likeness (QED) is 0.454. The minimum atomic E-state index is -0.831. The molecule has 0 saturated carbocycles. The normalized spacial score (nSPS) is 11.9. The fraction of sp³-hybridized carbons (Fsp3) is 0.875. The van der Waals surface area contributed by atoms with Crippen molar-refractivity contribution in [2.45, 2.75) is 84.1 Å². The van der Waals surface area contributed by atoms with Crippen molar-refractivity contribution < 1.29 is 14.7 Å². The monoisotopic (exact) mass is 300 g/mol. The maximum absolute atomic E-state index is 11.5. The number of unbranched alkanes of at least 4 members (excludes halogenated alkanes) is 7. The summed E-state index contributed by atoms with van der Waals surface area (Å²) in [6.45, 7) is 4.73. The van der Waals surface area contributed by atoms with E-state index < -0.39 is 5.97 Å². The van der Waals surface area contributed by atoms with Crippen molar-refractivity contribution in [2.24, 2.45) is 0 Å². The van der Waals surface area contributed by atoms with Crippen LogP contribution in [0.25, 0.3) is 0 Å². The molecule has 1 atom stereocenters. The molecular weight excluding hydrogens is 268 g/mol. The summed E-state index contributed by atoms with van der Waals surface area (Å²) in [5.74, 6) is -0.831. The van der Waals surface area contributed by atoms with Crippen LogP contribution in [0.2, 0.25) is 0 Å². The molecule has 5 nitrogen and oxygen atoms in total. The summed E-state index contributed by atoms with van der Waals surface area (Å²) in [6, 6.07) is -0.310. The molecule has 0 aromatic carbocycles. The SMILES string of the molecule is CCCCCCCCCCNC(=O)NC(C)CCC(=O)O. The van der Waals surface area contributed by atoms with Crippen molar-refractivity contribution >= 4 is 12.0 Å². The second kappa shape index (κ2) is 13.7. The first kappa shape index (κ1) is 19.7. The van der Waals surface area contributed by atoms with Crippen molar-refractivity contribution in [3.63, 3.8) is 0 Å². The molecule has 0 aromatic rings. The third kappa shape index (κ3) is 15.0. The molecule has 2 amide bonds. The Morgan fingerprint density at radius 3 is 2.14 bits per heavy atom. The third-order valence-electron chi connectivity index (χ3n) is 3.48. The number of aliphatic carboxylic acids is 1. The fourth-order valence-corrected chi connectivity index (χ4v) is 2.15. The van der Waals surface area contributed by atoms with Gasteiger partial charge in [-0.25, -0.2) is 4.79 Å². The van der Waals surface area contributed by atoms with Gasteiger partial charge in [-0.1, -0.05) is 51.9 Å². The van der Waals surface area contributed by atoms with Crippen LogP contribution in [0, 0.1) is 0 Å². The fourth-order valence-electron chi connectivity index (χ4n) is 2.15. The van der Waals surface area contributed by atoms with E-state index in [1.54, 1.807) is 0 Å². The van der Waals surface area contributed by atoms with E-state index in [-0.39, 0.29) is 18.5 Å². The molecule has 124 valence electrons. The number of hydrogen-bond donors (Lipinski definition) is 3. The lowest BCUT2D eigenvalue weighted by Crippen LogP contribution is -2.41. The Balaban J connectivity index is 3.35. The minimum absolute atomic E-state index is 0.0828. The highest BCUT2D eigenvalue weighted by molar-refractivity contribution is 5.74. The average molecular weight is 300 g/mol. The zero-order valence-electron chi connectivity index (χ0n) is 13.6. The first-order valence-corrected chi connectivity index (χ1v) is 8.32. The van der Waals surface area contributed by atoms with Crippen LogP contribution in [0.15, 0.2) is 0 Å². The lowest BCUT2D eigenvalue weighted by molar-refractivity contribution is -0.137. The van der Waals surface area contributed by atoms with E-state index in [4.69, 9.17) is 5.11 Å². The molecule has 21 heavy (non-hydrogen) atoms. The van der Waals surface area contributed by atoms with Crippen LogP contribution in [0.3, 0.4) is 0 Å². The maximum Gasteiger partial charge on any atom is 0.314 e. The molecule has 0 aromatic heterocycles. The van der Waals surface area contributed by atoms with E-state index in [2.05, 4.69) is 17.6 Å². The van der Waals surface area contributed by atoms with E-state index in [1.165, 1.54) is 38.5 Å². The zero-order chi connectivity index (χ0) is 15.9. The average Bonchev–Trinajstić information content (AvgIpc) is 2.43. The number of carbonyl (C=O) groups excluding carboxylic acids is 1. The third-order valence-corrected chi connectivity index (χ3v) is 3.48. The Bertz CT molecular complexity index is 283. The highest BCUT2D eigenvalue weighted by Gasteiger charge is 2.08. The minimum Gasteiger partial charge on any atom is -0.481 e. The summed E-state index contributed by atoms with van der Waals surface area (Å²) in [6.07, 6.45) is 10.5. The predicted molar refractivity (Wildman–Crippen MR) is 85.5 cm³/mol. The van der Waals surface area contributed by atoms with E-state index in [9.17, 15) is 9.59 Å². The van der Waals surface area contributed by atoms with Gasteiger partial charge < -0.3 is 15.7 Å². The molecule has 0 bridgehead atoms. The number of rotatable bonds is 13. The van der Waals surface area contributed by atoms with Crippen LogP contribution in [-0.2, 0) is 4.79 Å².